The lowest BCUT2D eigenvalue weighted by molar-refractivity contribution is -0.161. The Morgan fingerprint density at radius 3 is 0.830 bits per heavy atom. The third kappa shape index (κ3) is 67.6. The molecule has 17 nitrogen and oxygen atoms in total. The van der Waals surface area contributed by atoms with Crippen LogP contribution in [0.4, 0.5) is 0 Å². The van der Waals surface area contributed by atoms with Gasteiger partial charge in [0.1, 0.15) is 19.3 Å². The third-order valence-corrected chi connectivity index (χ3v) is 18.2. The van der Waals surface area contributed by atoms with E-state index in [0.717, 1.165) is 148 Å². The van der Waals surface area contributed by atoms with E-state index in [2.05, 4.69) is 76.3 Å². The quantitative estimate of drug-likeness (QED) is 0.0169. The molecular formula is C75H138O17P2. The molecular weight excluding hydrogens is 1230 g/mol. The highest BCUT2D eigenvalue weighted by atomic mass is 31.2. The lowest BCUT2D eigenvalue weighted by atomic mass is 10.0. The van der Waals surface area contributed by atoms with Crippen LogP contribution in [-0.4, -0.2) is 96.7 Å². The van der Waals surface area contributed by atoms with Gasteiger partial charge in [-0.2, -0.15) is 0 Å². The number of ether oxygens (including phenoxy) is 4. The van der Waals surface area contributed by atoms with Crippen molar-refractivity contribution in [3.63, 3.8) is 0 Å². The van der Waals surface area contributed by atoms with Gasteiger partial charge in [0.25, 0.3) is 0 Å². The maximum absolute atomic E-state index is 13.1. The summed E-state index contributed by atoms with van der Waals surface area (Å²) >= 11 is 0. The summed E-state index contributed by atoms with van der Waals surface area (Å²) in [6.45, 7) is 4.83. The molecule has 0 rings (SSSR count). The summed E-state index contributed by atoms with van der Waals surface area (Å²) in [6, 6.07) is 0. The lowest BCUT2D eigenvalue weighted by Gasteiger charge is -2.21. The second-order valence-electron chi connectivity index (χ2n) is 25.6. The van der Waals surface area contributed by atoms with E-state index in [1.54, 1.807) is 0 Å². The smallest absolute Gasteiger partial charge is 0.462 e. The van der Waals surface area contributed by atoms with Crippen molar-refractivity contribution in [1.82, 2.24) is 0 Å². The van der Waals surface area contributed by atoms with E-state index in [0.29, 0.717) is 25.7 Å². The molecule has 0 amide bonds. The van der Waals surface area contributed by atoms with Crippen LogP contribution in [0.2, 0.25) is 0 Å². The van der Waals surface area contributed by atoms with E-state index >= 15 is 0 Å². The zero-order chi connectivity index (χ0) is 69.0. The van der Waals surface area contributed by atoms with Crippen molar-refractivity contribution in [3.8, 4) is 0 Å². The molecule has 0 aliphatic carbocycles. The molecule has 0 aliphatic heterocycles. The van der Waals surface area contributed by atoms with Crippen LogP contribution >= 0.6 is 15.6 Å². The SMILES string of the molecule is CCCCC/C=C\C/C=C\CCCCCCCC(=O)OC[C@H](COP(=O)(O)OC[C@H](O)COP(=O)(O)OC[C@@H](COC(=O)CCCCCCC/C=C\CCCCCC)OC(=O)CCCCCCCCCCCCCCC)OC(=O)CCCCCCC/C=C\CCCCCC. The standard InChI is InChI=1S/C75H138O17P2/c1-5-9-13-17-21-25-29-33-34-38-40-44-48-52-56-60-73(78)86-66-71(92-75(80)62-58-54-50-46-42-37-32-28-24-20-16-12-8-4)68-90-94(83,84)88-64-69(76)63-87-93(81,82)89-67-70(91-74(79)61-57-53-49-45-41-36-31-27-23-19-15-11-7-3)65-85-72(77)59-55-51-47-43-39-35-30-26-22-18-14-10-6-2/h21,25-26,28,30,32-34,69-71,76H,5-20,22-24,27,29,31,35-68H2,1-4H3,(H,81,82)(H,83,84)/b25-21-,30-26-,32-28-,34-33-/t69-,70-,71-/m1/s1. The van der Waals surface area contributed by atoms with Crippen LogP contribution < -0.4 is 0 Å². The number of hydrogen-bond donors (Lipinski definition) is 3. The molecule has 0 aromatic rings. The van der Waals surface area contributed by atoms with Gasteiger partial charge < -0.3 is 33.8 Å². The molecule has 0 heterocycles. The zero-order valence-electron chi connectivity index (χ0n) is 59.9. The van der Waals surface area contributed by atoms with Crippen molar-refractivity contribution in [3.05, 3.63) is 48.6 Å². The Labute approximate surface area is 572 Å². The lowest BCUT2D eigenvalue weighted by Crippen LogP contribution is -2.30. The topological polar surface area (TPSA) is 237 Å². The Balaban J connectivity index is 5.32. The molecule has 0 radical (unpaired) electrons. The van der Waals surface area contributed by atoms with Crippen LogP contribution in [0.15, 0.2) is 48.6 Å². The van der Waals surface area contributed by atoms with E-state index in [9.17, 15) is 43.2 Å². The molecule has 0 aliphatic rings. The van der Waals surface area contributed by atoms with Crippen molar-refractivity contribution in [2.75, 3.05) is 39.6 Å². The van der Waals surface area contributed by atoms with Crippen molar-refractivity contribution in [2.24, 2.45) is 0 Å². The molecule has 0 spiro atoms. The number of carbonyl (C=O) groups excluding carboxylic acids is 4. The molecule has 0 aromatic carbocycles. The van der Waals surface area contributed by atoms with Gasteiger partial charge in [0, 0.05) is 25.7 Å². The molecule has 94 heavy (non-hydrogen) atoms. The molecule has 0 fully saturated rings. The summed E-state index contributed by atoms with van der Waals surface area (Å²) in [7, 11) is -9.93. The highest BCUT2D eigenvalue weighted by Gasteiger charge is 2.30. The average molecular weight is 1370 g/mol. The Hall–Kier alpha value is -2.98. The number of phosphoric acid groups is 2. The number of allylic oxidation sites excluding steroid dienone is 8. The van der Waals surface area contributed by atoms with Crippen LogP contribution in [0.1, 0.15) is 349 Å². The summed E-state index contributed by atoms with van der Waals surface area (Å²) in [5, 5.41) is 10.6. The largest absolute Gasteiger partial charge is 0.472 e. The molecule has 3 N–H and O–H groups in total. The summed E-state index contributed by atoms with van der Waals surface area (Å²) in [4.78, 5) is 72.7. The average Bonchev–Trinajstić information content (AvgIpc) is 1.67. The highest BCUT2D eigenvalue weighted by Crippen LogP contribution is 2.45. The number of esters is 4. The highest BCUT2D eigenvalue weighted by molar-refractivity contribution is 7.47. The van der Waals surface area contributed by atoms with Crippen molar-refractivity contribution >= 4 is 39.5 Å². The Morgan fingerprint density at radius 1 is 0.298 bits per heavy atom. The Bertz CT molecular complexity index is 1980. The van der Waals surface area contributed by atoms with E-state index in [4.69, 9.17) is 37.0 Å². The second-order valence-corrected chi connectivity index (χ2v) is 28.5. The summed E-state index contributed by atoms with van der Waals surface area (Å²) in [6.07, 6.45) is 63.8. The maximum Gasteiger partial charge on any atom is 0.472 e. The number of carbonyl (C=O) groups is 4. The first-order valence-electron chi connectivity index (χ1n) is 37.9. The first kappa shape index (κ1) is 91.0. The minimum Gasteiger partial charge on any atom is -0.462 e. The minimum atomic E-state index is -4.97. The molecule has 0 bridgehead atoms. The number of aliphatic hydroxyl groups is 1. The number of hydrogen-bond acceptors (Lipinski definition) is 15. The van der Waals surface area contributed by atoms with Gasteiger partial charge in [-0.15, -0.1) is 0 Å². The van der Waals surface area contributed by atoms with Crippen molar-refractivity contribution in [1.29, 1.82) is 0 Å². The Kier molecular flexibility index (Phi) is 66.4. The first-order valence-corrected chi connectivity index (χ1v) is 40.9. The van der Waals surface area contributed by atoms with E-state index in [1.807, 2.05) is 0 Å². The van der Waals surface area contributed by atoms with Gasteiger partial charge in [0.2, 0.25) is 0 Å². The Morgan fingerprint density at radius 2 is 0.521 bits per heavy atom. The number of phosphoric ester groups is 2. The van der Waals surface area contributed by atoms with Crippen LogP contribution in [0, 0.1) is 0 Å². The predicted molar refractivity (Wildman–Crippen MR) is 381 cm³/mol. The van der Waals surface area contributed by atoms with Gasteiger partial charge in [-0.3, -0.25) is 37.3 Å². The van der Waals surface area contributed by atoms with Gasteiger partial charge in [0.15, 0.2) is 12.2 Å². The molecule has 550 valence electrons. The molecule has 0 saturated carbocycles. The van der Waals surface area contributed by atoms with Crippen LogP contribution in [0.5, 0.6) is 0 Å². The molecule has 0 saturated heterocycles. The molecule has 0 aromatic heterocycles. The summed E-state index contributed by atoms with van der Waals surface area (Å²) in [5.74, 6) is -2.18. The fourth-order valence-electron chi connectivity index (χ4n) is 10.4. The number of aliphatic hydroxyl groups excluding tert-OH is 1. The predicted octanol–water partition coefficient (Wildman–Crippen LogP) is 21.3. The summed E-state index contributed by atoms with van der Waals surface area (Å²) < 4.78 is 68.4. The maximum atomic E-state index is 13.1. The van der Waals surface area contributed by atoms with Gasteiger partial charge >= 0.3 is 39.5 Å². The normalized spacial score (nSPS) is 14.2. The van der Waals surface area contributed by atoms with Gasteiger partial charge in [-0.1, -0.05) is 263 Å². The monoisotopic (exact) mass is 1370 g/mol. The molecule has 2 unspecified atom stereocenters. The molecule has 19 heteroatoms. The number of unbranched alkanes of at least 4 members (excludes halogenated alkanes) is 38. The van der Waals surface area contributed by atoms with Crippen molar-refractivity contribution < 1.29 is 80.2 Å². The van der Waals surface area contributed by atoms with E-state index < -0.39 is 97.5 Å². The third-order valence-electron chi connectivity index (χ3n) is 16.3. The van der Waals surface area contributed by atoms with Crippen LogP contribution in [0.25, 0.3) is 0 Å². The van der Waals surface area contributed by atoms with Gasteiger partial charge in [-0.25, -0.2) is 9.13 Å². The van der Waals surface area contributed by atoms with Gasteiger partial charge in [0.05, 0.1) is 26.4 Å². The first-order chi connectivity index (χ1) is 45.7. The summed E-state index contributed by atoms with van der Waals surface area (Å²) in [5.41, 5.74) is 0. The fourth-order valence-corrected chi connectivity index (χ4v) is 12.0. The van der Waals surface area contributed by atoms with Gasteiger partial charge in [-0.05, 0) is 109 Å². The minimum absolute atomic E-state index is 0.0863. The fraction of sp³-hybridized carbons (Fsp3) is 0.840. The zero-order valence-corrected chi connectivity index (χ0v) is 61.7. The van der Waals surface area contributed by atoms with E-state index in [1.165, 1.54) is 122 Å². The molecule has 5 atom stereocenters. The second kappa shape index (κ2) is 68.5. The number of rotatable bonds is 72. The van der Waals surface area contributed by atoms with Crippen LogP contribution in [0.3, 0.4) is 0 Å². The van der Waals surface area contributed by atoms with Crippen LogP contribution in [-0.2, 0) is 65.4 Å². The van der Waals surface area contributed by atoms with Crippen molar-refractivity contribution in [2.45, 2.75) is 367 Å². The van der Waals surface area contributed by atoms with E-state index in [-0.39, 0.29) is 25.7 Å².